The van der Waals surface area contributed by atoms with Crippen LogP contribution in [0.3, 0.4) is 0 Å². The van der Waals surface area contributed by atoms with Crippen LogP contribution in [0.25, 0.3) is 5.69 Å². The van der Waals surface area contributed by atoms with Gasteiger partial charge in [0.05, 0.1) is 12.2 Å². The Labute approximate surface area is 165 Å². The number of rotatable bonds is 6. The summed E-state index contributed by atoms with van der Waals surface area (Å²) in [4.78, 5) is 4.34. The number of aliphatic imine (C=N–C) groups is 1. The summed E-state index contributed by atoms with van der Waals surface area (Å²) in [6.07, 6.45) is 2.60. The summed E-state index contributed by atoms with van der Waals surface area (Å²) < 4.78 is 3.90. The molecule has 1 aromatic carbocycles. The van der Waals surface area contributed by atoms with E-state index < -0.39 is 0 Å². The van der Waals surface area contributed by atoms with E-state index in [-0.39, 0.29) is 6.04 Å². The maximum absolute atomic E-state index is 4.50. The van der Waals surface area contributed by atoms with E-state index in [1.165, 1.54) is 11.3 Å². The highest BCUT2D eigenvalue weighted by molar-refractivity contribution is 5.79. The standard InChI is InChI=1S/C20H28N8/c1-14(11-18-15(2)26-27(5)16(18)3)24-20(21-4)22-12-19-25-23-13-28(19)17-9-7-6-8-10-17/h6-10,13-14H,11-12H2,1-5H3,(H2,21,22,24). The van der Waals surface area contributed by atoms with Crippen molar-refractivity contribution in [2.75, 3.05) is 7.05 Å². The van der Waals surface area contributed by atoms with E-state index in [2.05, 4.69) is 51.7 Å². The number of nitrogens with one attached hydrogen (secondary N) is 2. The van der Waals surface area contributed by atoms with Crippen LogP contribution in [0.4, 0.5) is 0 Å². The maximum atomic E-state index is 4.50. The van der Waals surface area contributed by atoms with Crippen LogP contribution in [-0.2, 0) is 20.0 Å². The molecule has 1 unspecified atom stereocenters. The fourth-order valence-corrected chi connectivity index (χ4v) is 3.24. The summed E-state index contributed by atoms with van der Waals surface area (Å²) >= 11 is 0. The van der Waals surface area contributed by atoms with E-state index in [1.54, 1.807) is 13.4 Å². The molecule has 0 saturated carbocycles. The number of hydrogen-bond acceptors (Lipinski definition) is 4. The average Bonchev–Trinajstić information content (AvgIpc) is 3.26. The Hall–Kier alpha value is -3.16. The first kappa shape index (κ1) is 19.6. The molecule has 2 aromatic heterocycles. The predicted molar refractivity (Wildman–Crippen MR) is 111 cm³/mol. The first-order valence-electron chi connectivity index (χ1n) is 9.40. The zero-order valence-corrected chi connectivity index (χ0v) is 17.1. The van der Waals surface area contributed by atoms with Gasteiger partial charge in [0.15, 0.2) is 11.8 Å². The highest BCUT2D eigenvalue weighted by Crippen LogP contribution is 2.14. The third kappa shape index (κ3) is 4.39. The molecule has 148 valence electrons. The van der Waals surface area contributed by atoms with Crippen LogP contribution in [0.5, 0.6) is 0 Å². The first-order chi connectivity index (χ1) is 13.5. The summed E-state index contributed by atoms with van der Waals surface area (Å²) in [5.74, 6) is 1.55. The number of benzene rings is 1. The van der Waals surface area contributed by atoms with Gasteiger partial charge in [0.2, 0.25) is 0 Å². The molecule has 0 amide bonds. The van der Waals surface area contributed by atoms with Crippen LogP contribution < -0.4 is 10.6 Å². The molecular weight excluding hydrogens is 352 g/mol. The lowest BCUT2D eigenvalue weighted by atomic mass is 10.1. The SMILES string of the molecule is CN=C(NCc1nncn1-c1ccccc1)NC(C)Cc1c(C)nn(C)c1C. The largest absolute Gasteiger partial charge is 0.354 e. The fourth-order valence-electron chi connectivity index (χ4n) is 3.24. The Bertz CT molecular complexity index is 939. The smallest absolute Gasteiger partial charge is 0.191 e. The number of guanidine groups is 1. The van der Waals surface area contributed by atoms with Crippen LogP contribution >= 0.6 is 0 Å². The zero-order valence-electron chi connectivity index (χ0n) is 17.1. The lowest BCUT2D eigenvalue weighted by Gasteiger charge is -2.18. The van der Waals surface area contributed by atoms with Gasteiger partial charge in [-0.3, -0.25) is 14.2 Å². The van der Waals surface area contributed by atoms with Crippen molar-refractivity contribution in [3.63, 3.8) is 0 Å². The molecule has 8 nitrogen and oxygen atoms in total. The fraction of sp³-hybridized carbons (Fsp3) is 0.400. The molecule has 2 heterocycles. The van der Waals surface area contributed by atoms with Crippen molar-refractivity contribution in [3.8, 4) is 5.69 Å². The highest BCUT2D eigenvalue weighted by atomic mass is 15.3. The topological polar surface area (TPSA) is 84.9 Å². The minimum Gasteiger partial charge on any atom is -0.354 e. The van der Waals surface area contributed by atoms with Gasteiger partial charge in [-0.25, -0.2) is 0 Å². The summed E-state index contributed by atoms with van der Waals surface area (Å²) in [5.41, 5.74) is 4.59. The van der Waals surface area contributed by atoms with Gasteiger partial charge in [0, 0.05) is 31.5 Å². The molecule has 1 atom stereocenters. The van der Waals surface area contributed by atoms with Crippen molar-refractivity contribution in [1.29, 1.82) is 0 Å². The third-order valence-corrected chi connectivity index (χ3v) is 4.84. The van der Waals surface area contributed by atoms with Gasteiger partial charge in [-0.2, -0.15) is 5.10 Å². The zero-order chi connectivity index (χ0) is 20.1. The van der Waals surface area contributed by atoms with Gasteiger partial charge in [0.1, 0.15) is 6.33 Å². The lowest BCUT2D eigenvalue weighted by molar-refractivity contribution is 0.631. The quantitative estimate of drug-likeness (QED) is 0.504. The van der Waals surface area contributed by atoms with E-state index in [4.69, 9.17) is 0 Å². The van der Waals surface area contributed by atoms with Crippen molar-refractivity contribution in [2.45, 2.75) is 39.8 Å². The molecule has 0 radical (unpaired) electrons. The van der Waals surface area contributed by atoms with Crippen LogP contribution in [0.15, 0.2) is 41.7 Å². The van der Waals surface area contributed by atoms with Crippen molar-refractivity contribution in [1.82, 2.24) is 35.2 Å². The van der Waals surface area contributed by atoms with Crippen molar-refractivity contribution in [2.24, 2.45) is 12.0 Å². The normalized spacial score (nSPS) is 12.8. The second-order valence-corrected chi connectivity index (χ2v) is 6.90. The minimum atomic E-state index is 0.208. The number of aryl methyl sites for hydroxylation is 2. The summed E-state index contributed by atoms with van der Waals surface area (Å²) in [6.45, 7) is 6.82. The van der Waals surface area contributed by atoms with Crippen LogP contribution in [-0.4, -0.2) is 43.6 Å². The molecule has 0 fully saturated rings. The van der Waals surface area contributed by atoms with Crippen LogP contribution in [0, 0.1) is 13.8 Å². The number of hydrogen-bond donors (Lipinski definition) is 2. The molecule has 0 aliphatic rings. The second kappa shape index (κ2) is 8.69. The summed E-state index contributed by atoms with van der Waals surface area (Å²) in [7, 11) is 3.75. The molecule has 0 spiro atoms. The van der Waals surface area contributed by atoms with Crippen molar-refractivity contribution < 1.29 is 0 Å². The Morgan fingerprint density at radius 2 is 1.96 bits per heavy atom. The molecule has 28 heavy (non-hydrogen) atoms. The number of aromatic nitrogens is 5. The van der Waals surface area contributed by atoms with Crippen molar-refractivity contribution >= 4 is 5.96 Å². The predicted octanol–water partition coefficient (Wildman–Crippen LogP) is 1.91. The minimum absolute atomic E-state index is 0.208. The van der Waals surface area contributed by atoms with Crippen molar-refractivity contribution in [3.05, 3.63) is 59.4 Å². The van der Waals surface area contributed by atoms with Gasteiger partial charge in [-0.05, 0) is 44.9 Å². The molecule has 2 N–H and O–H groups in total. The summed E-state index contributed by atoms with van der Waals surface area (Å²) in [5, 5.41) is 19.5. The maximum Gasteiger partial charge on any atom is 0.191 e. The molecule has 0 aliphatic heterocycles. The van der Waals surface area contributed by atoms with E-state index in [0.29, 0.717) is 6.54 Å². The van der Waals surface area contributed by atoms with E-state index in [9.17, 15) is 0 Å². The molecule has 8 heteroatoms. The number of para-hydroxylation sites is 1. The number of nitrogens with zero attached hydrogens (tertiary/aromatic N) is 6. The van der Waals surface area contributed by atoms with E-state index in [1.807, 2.05) is 46.6 Å². The summed E-state index contributed by atoms with van der Waals surface area (Å²) in [6, 6.07) is 10.2. The van der Waals surface area contributed by atoms with Crippen LogP contribution in [0.1, 0.15) is 29.7 Å². The Kier molecular flexibility index (Phi) is 6.08. The Morgan fingerprint density at radius 3 is 2.61 bits per heavy atom. The second-order valence-electron chi connectivity index (χ2n) is 6.90. The molecule has 3 rings (SSSR count). The molecule has 0 bridgehead atoms. The first-order valence-corrected chi connectivity index (χ1v) is 9.40. The van der Waals surface area contributed by atoms with Gasteiger partial charge < -0.3 is 10.6 Å². The molecular formula is C20H28N8. The highest BCUT2D eigenvalue weighted by Gasteiger charge is 2.14. The molecule has 3 aromatic rings. The Balaban J connectivity index is 1.61. The average molecular weight is 381 g/mol. The van der Waals surface area contributed by atoms with Gasteiger partial charge >= 0.3 is 0 Å². The van der Waals surface area contributed by atoms with Gasteiger partial charge in [0.25, 0.3) is 0 Å². The third-order valence-electron chi connectivity index (χ3n) is 4.84. The van der Waals surface area contributed by atoms with E-state index >= 15 is 0 Å². The van der Waals surface area contributed by atoms with Crippen LogP contribution in [0.2, 0.25) is 0 Å². The molecule has 0 saturated heterocycles. The lowest BCUT2D eigenvalue weighted by Crippen LogP contribution is -2.43. The van der Waals surface area contributed by atoms with Gasteiger partial charge in [-0.15, -0.1) is 10.2 Å². The monoisotopic (exact) mass is 380 g/mol. The molecule has 0 aliphatic carbocycles. The Morgan fingerprint density at radius 1 is 1.21 bits per heavy atom. The van der Waals surface area contributed by atoms with Gasteiger partial charge in [-0.1, -0.05) is 18.2 Å². The van der Waals surface area contributed by atoms with E-state index in [0.717, 1.165) is 29.6 Å².